The number of nitrogens with one attached hydrogen (secondary N) is 1. The van der Waals surface area contributed by atoms with Crippen LogP contribution in [0.25, 0.3) is 0 Å². The lowest BCUT2D eigenvalue weighted by Crippen LogP contribution is -2.24. The van der Waals surface area contributed by atoms with Gasteiger partial charge in [0.2, 0.25) is 0 Å². The Labute approximate surface area is 110 Å². The predicted octanol–water partition coefficient (Wildman–Crippen LogP) is 3.90. The van der Waals surface area contributed by atoms with Crippen LogP contribution in [0.15, 0.2) is 6.20 Å². The Balaban J connectivity index is 2.60. The Morgan fingerprint density at radius 1 is 1.39 bits per heavy atom. The van der Waals surface area contributed by atoms with Crippen LogP contribution in [0.1, 0.15) is 43.0 Å². The molecule has 1 N–H and O–H groups in total. The molecule has 0 aliphatic carbocycles. The van der Waals surface area contributed by atoms with E-state index in [2.05, 4.69) is 17.2 Å². The highest BCUT2D eigenvalue weighted by Gasteiger charge is 2.35. The van der Waals surface area contributed by atoms with Crippen molar-refractivity contribution in [3.8, 4) is 0 Å². The standard InChI is InChI=1S/C12H19F3N2S/c1-4-5-16-6-8(2)9(3)10-7-17-11(18-10)12(13,14)15/h7-9,16H,4-6H2,1-3H3. The minimum atomic E-state index is -4.33. The third-order valence-electron chi connectivity index (χ3n) is 2.96. The molecular formula is C12H19F3N2S. The summed E-state index contributed by atoms with van der Waals surface area (Å²) in [5.74, 6) is 0.376. The number of thiazole rings is 1. The van der Waals surface area contributed by atoms with Crippen LogP contribution < -0.4 is 5.32 Å². The van der Waals surface area contributed by atoms with E-state index < -0.39 is 11.2 Å². The molecule has 0 saturated carbocycles. The smallest absolute Gasteiger partial charge is 0.316 e. The van der Waals surface area contributed by atoms with Crippen molar-refractivity contribution in [1.82, 2.24) is 10.3 Å². The van der Waals surface area contributed by atoms with E-state index in [1.54, 1.807) is 0 Å². The van der Waals surface area contributed by atoms with Crippen molar-refractivity contribution in [2.75, 3.05) is 13.1 Å². The van der Waals surface area contributed by atoms with Gasteiger partial charge in [-0.1, -0.05) is 20.8 Å². The predicted molar refractivity (Wildman–Crippen MR) is 67.9 cm³/mol. The zero-order valence-corrected chi connectivity index (χ0v) is 11.7. The van der Waals surface area contributed by atoms with Gasteiger partial charge >= 0.3 is 6.18 Å². The fourth-order valence-corrected chi connectivity index (χ4v) is 2.56. The van der Waals surface area contributed by atoms with Crippen LogP contribution in [0.2, 0.25) is 0 Å². The zero-order chi connectivity index (χ0) is 13.8. The van der Waals surface area contributed by atoms with Gasteiger partial charge in [-0.3, -0.25) is 0 Å². The van der Waals surface area contributed by atoms with E-state index in [-0.39, 0.29) is 11.8 Å². The third-order valence-corrected chi connectivity index (χ3v) is 4.20. The molecule has 1 aromatic heterocycles. The first-order chi connectivity index (χ1) is 8.36. The van der Waals surface area contributed by atoms with Crippen LogP contribution in [-0.2, 0) is 6.18 Å². The van der Waals surface area contributed by atoms with Crippen molar-refractivity contribution in [2.24, 2.45) is 5.92 Å². The van der Waals surface area contributed by atoms with E-state index in [1.807, 2.05) is 13.8 Å². The number of nitrogens with zero attached hydrogens (tertiary/aromatic N) is 1. The number of rotatable bonds is 6. The van der Waals surface area contributed by atoms with E-state index in [0.717, 1.165) is 30.8 Å². The summed E-state index contributed by atoms with van der Waals surface area (Å²) in [7, 11) is 0. The summed E-state index contributed by atoms with van der Waals surface area (Å²) in [5.41, 5.74) is 0. The number of aromatic nitrogens is 1. The van der Waals surface area contributed by atoms with Crippen LogP contribution in [0.3, 0.4) is 0 Å². The van der Waals surface area contributed by atoms with Gasteiger partial charge in [-0.2, -0.15) is 13.2 Å². The van der Waals surface area contributed by atoms with Crippen LogP contribution in [-0.4, -0.2) is 18.1 Å². The molecule has 2 nitrogen and oxygen atoms in total. The molecule has 0 spiro atoms. The average molecular weight is 280 g/mol. The summed E-state index contributed by atoms with van der Waals surface area (Å²) in [6, 6.07) is 0. The van der Waals surface area contributed by atoms with Crippen molar-refractivity contribution < 1.29 is 13.2 Å². The van der Waals surface area contributed by atoms with Gasteiger partial charge < -0.3 is 5.32 Å². The van der Waals surface area contributed by atoms with Crippen LogP contribution in [0.4, 0.5) is 13.2 Å². The molecule has 1 rings (SSSR count). The van der Waals surface area contributed by atoms with E-state index in [9.17, 15) is 13.2 Å². The Morgan fingerprint density at radius 3 is 2.56 bits per heavy atom. The first-order valence-electron chi connectivity index (χ1n) is 6.09. The lowest BCUT2D eigenvalue weighted by molar-refractivity contribution is -0.137. The Hall–Kier alpha value is -0.620. The maximum atomic E-state index is 12.4. The highest BCUT2D eigenvalue weighted by molar-refractivity contribution is 7.11. The van der Waals surface area contributed by atoms with Gasteiger partial charge in [0.1, 0.15) is 0 Å². The van der Waals surface area contributed by atoms with Crippen LogP contribution in [0.5, 0.6) is 0 Å². The molecule has 0 amide bonds. The van der Waals surface area contributed by atoms with Gasteiger partial charge in [-0.25, -0.2) is 4.98 Å². The van der Waals surface area contributed by atoms with Gasteiger partial charge in [0.05, 0.1) is 0 Å². The molecule has 104 valence electrons. The lowest BCUT2D eigenvalue weighted by atomic mass is 9.95. The Morgan fingerprint density at radius 2 is 2.06 bits per heavy atom. The number of alkyl halides is 3. The number of halogens is 3. The first-order valence-corrected chi connectivity index (χ1v) is 6.91. The molecule has 0 fully saturated rings. The summed E-state index contributed by atoms with van der Waals surface area (Å²) < 4.78 is 37.3. The average Bonchev–Trinajstić information content (AvgIpc) is 2.77. The highest BCUT2D eigenvalue weighted by atomic mass is 32.1. The van der Waals surface area contributed by atoms with Crippen molar-refractivity contribution in [1.29, 1.82) is 0 Å². The highest BCUT2D eigenvalue weighted by Crippen LogP contribution is 2.36. The maximum Gasteiger partial charge on any atom is 0.443 e. The SMILES string of the molecule is CCCNCC(C)C(C)c1cnc(C(F)(F)F)s1. The molecule has 0 aromatic carbocycles. The summed E-state index contributed by atoms with van der Waals surface area (Å²) in [5, 5.41) is 2.53. The Bertz CT molecular complexity index is 362. The number of hydrogen-bond acceptors (Lipinski definition) is 3. The molecule has 0 aliphatic rings. The topological polar surface area (TPSA) is 24.9 Å². The normalized spacial score (nSPS) is 15.7. The van der Waals surface area contributed by atoms with Crippen molar-refractivity contribution in [3.63, 3.8) is 0 Å². The molecule has 1 aromatic rings. The van der Waals surface area contributed by atoms with Crippen molar-refractivity contribution in [2.45, 2.75) is 39.3 Å². The van der Waals surface area contributed by atoms with Crippen LogP contribution in [0, 0.1) is 5.92 Å². The monoisotopic (exact) mass is 280 g/mol. The summed E-state index contributed by atoms with van der Waals surface area (Å²) >= 11 is 0.752. The van der Waals surface area contributed by atoms with E-state index >= 15 is 0 Å². The molecule has 2 unspecified atom stereocenters. The van der Waals surface area contributed by atoms with E-state index in [4.69, 9.17) is 0 Å². The second-order valence-electron chi connectivity index (χ2n) is 4.54. The molecule has 1 heterocycles. The molecule has 6 heteroatoms. The van der Waals surface area contributed by atoms with Gasteiger partial charge in [-0.05, 0) is 31.3 Å². The van der Waals surface area contributed by atoms with Gasteiger partial charge in [0, 0.05) is 11.1 Å². The lowest BCUT2D eigenvalue weighted by Gasteiger charge is -2.18. The molecule has 18 heavy (non-hydrogen) atoms. The fourth-order valence-electron chi connectivity index (χ4n) is 1.59. The Kier molecular flexibility index (Phi) is 5.59. The summed E-state index contributed by atoms with van der Waals surface area (Å²) in [6.07, 6.45) is -1.92. The van der Waals surface area contributed by atoms with Gasteiger partial charge in [0.25, 0.3) is 0 Å². The van der Waals surface area contributed by atoms with E-state index in [0.29, 0.717) is 4.88 Å². The zero-order valence-electron chi connectivity index (χ0n) is 10.8. The quantitative estimate of drug-likeness (QED) is 0.799. The first kappa shape index (κ1) is 15.4. The minimum Gasteiger partial charge on any atom is -0.316 e. The largest absolute Gasteiger partial charge is 0.443 e. The summed E-state index contributed by atoms with van der Waals surface area (Å²) in [4.78, 5) is 4.16. The molecule has 0 aliphatic heterocycles. The van der Waals surface area contributed by atoms with Crippen LogP contribution >= 0.6 is 11.3 Å². The fraction of sp³-hybridized carbons (Fsp3) is 0.750. The molecule has 0 saturated heterocycles. The number of hydrogen-bond donors (Lipinski definition) is 1. The van der Waals surface area contributed by atoms with Crippen molar-refractivity contribution >= 4 is 11.3 Å². The maximum absolute atomic E-state index is 12.4. The van der Waals surface area contributed by atoms with Gasteiger partial charge in [0.15, 0.2) is 5.01 Å². The van der Waals surface area contributed by atoms with E-state index in [1.165, 1.54) is 6.20 Å². The molecular weight excluding hydrogens is 261 g/mol. The molecule has 0 radical (unpaired) electrons. The third kappa shape index (κ3) is 4.24. The second kappa shape index (κ2) is 6.52. The second-order valence-corrected chi connectivity index (χ2v) is 5.60. The van der Waals surface area contributed by atoms with Crippen molar-refractivity contribution in [3.05, 3.63) is 16.1 Å². The molecule has 2 atom stereocenters. The minimum absolute atomic E-state index is 0.0861. The molecule has 0 bridgehead atoms. The van der Waals surface area contributed by atoms with Gasteiger partial charge in [-0.15, -0.1) is 11.3 Å². The summed E-state index contributed by atoms with van der Waals surface area (Å²) in [6.45, 7) is 7.83.